The van der Waals surface area contributed by atoms with Crippen molar-refractivity contribution in [2.24, 2.45) is 0 Å². The number of rotatable bonds is 3. The molecular formula is C10H12O2S. The van der Waals surface area contributed by atoms with E-state index < -0.39 is 0 Å². The Bertz CT molecular complexity index is 321. The van der Waals surface area contributed by atoms with Crippen LogP contribution in [0.3, 0.4) is 0 Å². The number of ketones is 1. The van der Waals surface area contributed by atoms with E-state index in [1.54, 1.807) is 14.0 Å². The molecule has 0 aromatic heterocycles. The van der Waals surface area contributed by atoms with Gasteiger partial charge in [-0.3, -0.25) is 4.79 Å². The predicted molar refractivity (Wildman–Crippen MR) is 54.6 cm³/mol. The second kappa shape index (κ2) is 4.33. The van der Waals surface area contributed by atoms with Crippen LogP contribution in [0.15, 0.2) is 23.1 Å². The first kappa shape index (κ1) is 10.1. The Hall–Kier alpha value is -0.960. The van der Waals surface area contributed by atoms with E-state index in [0.717, 1.165) is 16.2 Å². The van der Waals surface area contributed by atoms with E-state index in [9.17, 15) is 4.79 Å². The van der Waals surface area contributed by atoms with Gasteiger partial charge in [0.2, 0.25) is 0 Å². The van der Waals surface area contributed by atoms with Crippen molar-refractivity contribution in [3.8, 4) is 5.75 Å². The average molecular weight is 196 g/mol. The molecule has 0 fully saturated rings. The summed E-state index contributed by atoms with van der Waals surface area (Å²) in [4.78, 5) is 11.6. The summed E-state index contributed by atoms with van der Waals surface area (Å²) < 4.78 is 5.04. The highest BCUT2D eigenvalue weighted by Gasteiger charge is 2.02. The maximum absolute atomic E-state index is 10.8. The Labute approximate surface area is 83.3 Å². The van der Waals surface area contributed by atoms with Crippen molar-refractivity contribution in [3.63, 3.8) is 0 Å². The van der Waals surface area contributed by atoms with Crippen molar-refractivity contribution >= 4 is 18.4 Å². The van der Waals surface area contributed by atoms with Gasteiger partial charge in [-0.2, -0.15) is 0 Å². The highest BCUT2D eigenvalue weighted by Crippen LogP contribution is 2.23. The smallest absolute Gasteiger partial charge is 0.134 e. The van der Waals surface area contributed by atoms with Gasteiger partial charge in [-0.25, -0.2) is 0 Å². The summed E-state index contributed by atoms with van der Waals surface area (Å²) in [7, 11) is 1.60. The molecule has 0 aliphatic carbocycles. The molecule has 70 valence electrons. The summed E-state index contributed by atoms with van der Waals surface area (Å²) in [5, 5.41) is 0. The lowest BCUT2D eigenvalue weighted by atomic mass is 10.1. The molecule has 0 N–H and O–H groups in total. The highest BCUT2D eigenvalue weighted by atomic mass is 32.1. The van der Waals surface area contributed by atoms with E-state index in [-0.39, 0.29) is 5.78 Å². The third kappa shape index (κ3) is 2.77. The second-order valence-electron chi connectivity index (χ2n) is 2.88. The van der Waals surface area contributed by atoms with Crippen molar-refractivity contribution in [2.45, 2.75) is 18.2 Å². The number of hydrogen-bond donors (Lipinski definition) is 1. The molecule has 1 aromatic carbocycles. The number of methoxy groups -OCH3 is 1. The lowest BCUT2D eigenvalue weighted by Crippen LogP contribution is -1.96. The van der Waals surface area contributed by atoms with Crippen molar-refractivity contribution < 1.29 is 9.53 Å². The molecule has 0 aliphatic heterocycles. The van der Waals surface area contributed by atoms with E-state index in [0.29, 0.717) is 6.42 Å². The van der Waals surface area contributed by atoms with Crippen molar-refractivity contribution in [3.05, 3.63) is 23.8 Å². The minimum atomic E-state index is 0.151. The Morgan fingerprint density at radius 1 is 1.54 bits per heavy atom. The minimum Gasteiger partial charge on any atom is -0.496 e. The quantitative estimate of drug-likeness (QED) is 0.749. The molecule has 0 saturated heterocycles. The molecule has 0 radical (unpaired) electrons. The molecule has 0 spiro atoms. The summed E-state index contributed by atoms with van der Waals surface area (Å²) >= 11 is 4.23. The summed E-state index contributed by atoms with van der Waals surface area (Å²) in [6.07, 6.45) is 0.456. The van der Waals surface area contributed by atoms with Crippen LogP contribution < -0.4 is 4.74 Å². The van der Waals surface area contributed by atoms with Gasteiger partial charge in [-0.05, 0) is 24.6 Å². The van der Waals surface area contributed by atoms with Crippen molar-refractivity contribution in [1.82, 2.24) is 0 Å². The maximum atomic E-state index is 10.8. The summed E-state index contributed by atoms with van der Waals surface area (Å²) in [6.45, 7) is 1.57. The normalized spacial score (nSPS) is 9.77. The predicted octanol–water partition coefficient (Wildman–Crippen LogP) is 2.12. The molecule has 0 unspecified atom stereocenters. The Kier molecular flexibility index (Phi) is 3.37. The standard InChI is InChI=1S/C10H12O2S/c1-7(11)5-8-3-4-9(12-2)10(13)6-8/h3-4,6,13H,5H2,1-2H3. The van der Waals surface area contributed by atoms with E-state index >= 15 is 0 Å². The first-order chi connectivity index (χ1) is 6.13. The first-order valence-electron chi connectivity index (χ1n) is 3.99. The third-order valence-corrected chi connectivity index (χ3v) is 2.05. The topological polar surface area (TPSA) is 26.3 Å². The van der Waals surface area contributed by atoms with Gasteiger partial charge >= 0.3 is 0 Å². The van der Waals surface area contributed by atoms with E-state index in [1.807, 2.05) is 18.2 Å². The lowest BCUT2D eigenvalue weighted by molar-refractivity contribution is -0.116. The summed E-state index contributed by atoms with van der Waals surface area (Å²) in [5.41, 5.74) is 0.971. The molecule has 0 heterocycles. The van der Waals surface area contributed by atoms with Gasteiger partial charge in [0.25, 0.3) is 0 Å². The molecule has 0 bridgehead atoms. The third-order valence-electron chi connectivity index (χ3n) is 1.70. The molecule has 0 atom stereocenters. The molecule has 1 rings (SSSR count). The van der Waals surface area contributed by atoms with Crippen LogP contribution in [-0.4, -0.2) is 12.9 Å². The lowest BCUT2D eigenvalue weighted by Gasteiger charge is -2.05. The molecule has 1 aromatic rings. The summed E-state index contributed by atoms with van der Waals surface area (Å²) in [5.74, 6) is 0.883. The number of benzene rings is 1. The van der Waals surface area contributed by atoms with E-state index in [2.05, 4.69) is 12.6 Å². The Balaban J connectivity index is 2.89. The average Bonchev–Trinajstić information content (AvgIpc) is 2.03. The summed E-state index contributed by atoms with van der Waals surface area (Å²) in [6, 6.07) is 5.55. The number of hydrogen-bond acceptors (Lipinski definition) is 3. The van der Waals surface area contributed by atoms with Gasteiger partial charge in [-0.15, -0.1) is 12.6 Å². The van der Waals surface area contributed by atoms with Gasteiger partial charge in [0.15, 0.2) is 0 Å². The van der Waals surface area contributed by atoms with E-state index in [1.165, 1.54) is 0 Å². The minimum absolute atomic E-state index is 0.151. The molecule has 2 nitrogen and oxygen atoms in total. The van der Waals surface area contributed by atoms with Crippen LogP contribution in [0.2, 0.25) is 0 Å². The van der Waals surface area contributed by atoms with Crippen LogP contribution >= 0.6 is 12.6 Å². The molecule has 3 heteroatoms. The van der Waals surface area contributed by atoms with Gasteiger partial charge in [-0.1, -0.05) is 6.07 Å². The zero-order valence-corrected chi connectivity index (χ0v) is 8.60. The fourth-order valence-electron chi connectivity index (χ4n) is 1.13. The maximum Gasteiger partial charge on any atom is 0.134 e. The van der Waals surface area contributed by atoms with Gasteiger partial charge in [0.1, 0.15) is 11.5 Å². The molecule has 0 saturated carbocycles. The number of Topliss-reactive ketones (excluding diaryl/α,β-unsaturated/α-hetero) is 1. The van der Waals surface area contributed by atoms with Gasteiger partial charge < -0.3 is 4.74 Å². The van der Waals surface area contributed by atoms with Gasteiger partial charge in [0.05, 0.1) is 7.11 Å². The molecular weight excluding hydrogens is 184 g/mol. The second-order valence-corrected chi connectivity index (χ2v) is 3.37. The number of carbonyl (C=O) groups is 1. The van der Waals surface area contributed by atoms with Crippen LogP contribution in [-0.2, 0) is 11.2 Å². The SMILES string of the molecule is COc1ccc(CC(C)=O)cc1S. The van der Waals surface area contributed by atoms with Crippen LogP contribution in [0.4, 0.5) is 0 Å². The Morgan fingerprint density at radius 3 is 2.69 bits per heavy atom. The number of ether oxygens (including phenoxy) is 1. The van der Waals surface area contributed by atoms with Crippen molar-refractivity contribution in [1.29, 1.82) is 0 Å². The fraction of sp³-hybridized carbons (Fsp3) is 0.300. The van der Waals surface area contributed by atoms with Gasteiger partial charge in [0, 0.05) is 11.3 Å². The van der Waals surface area contributed by atoms with Crippen LogP contribution in [0.5, 0.6) is 5.75 Å². The number of carbonyl (C=O) groups excluding carboxylic acids is 1. The highest BCUT2D eigenvalue weighted by molar-refractivity contribution is 7.80. The van der Waals surface area contributed by atoms with Crippen LogP contribution in [0.1, 0.15) is 12.5 Å². The van der Waals surface area contributed by atoms with E-state index in [4.69, 9.17) is 4.74 Å². The van der Waals surface area contributed by atoms with Crippen LogP contribution in [0, 0.1) is 0 Å². The molecule has 13 heavy (non-hydrogen) atoms. The first-order valence-corrected chi connectivity index (χ1v) is 4.43. The molecule has 0 aliphatic rings. The number of thiol groups is 1. The Morgan fingerprint density at radius 2 is 2.23 bits per heavy atom. The molecule has 0 amide bonds. The van der Waals surface area contributed by atoms with Crippen LogP contribution in [0.25, 0.3) is 0 Å². The zero-order valence-electron chi connectivity index (χ0n) is 7.70. The fourth-order valence-corrected chi connectivity index (χ4v) is 1.46. The zero-order chi connectivity index (χ0) is 9.84. The van der Waals surface area contributed by atoms with Crippen molar-refractivity contribution in [2.75, 3.05) is 7.11 Å². The largest absolute Gasteiger partial charge is 0.496 e. The monoisotopic (exact) mass is 196 g/mol.